The van der Waals surface area contributed by atoms with E-state index in [4.69, 9.17) is 0 Å². The lowest BCUT2D eigenvalue weighted by Crippen LogP contribution is -2.49. The maximum Gasteiger partial charge on any atom is 0.254 e. The number of nitrogens with zero attached hydrogens (tertiary/aromatic N) is 6. The van der Waals surface area contributed by atoms with E-state index < -0.39 is 43.1 Å². The molecule has 2 aliphatic rings. The zero-order valence-electron chi connectivity index (χ0n) is 36.5. The second-order valence-corrected chi connectivity index (χ2v) is 22.3. The number of sulfone groups is 2. The lowest BCUT2D eigenvalue weighted by Gasteiger charge is -2.36. The van der Waals surface area contributed by atoms with Crippen LogP contribution in [0.3, 0.4) is 0 Å². The van der Waals surface area contributed by atoms with Gasteiger partial charge < -0.3 is 19.6 Å². The first-order valence-electron chi connectivity index (χ1n) is 21.1. The standard InChI is InChI=1S/C47H46F2N6O7S4/c1-29(31-5-11-41(39(48)25-31)52-15-19-54(20-16-52)46(57)37-27-33(65(3,59)60)7-9-35(37)44-50-13-23-63-44)43(56)30(2)32-6-12-42(40(49)26-32)53-17-21-55(22-18-53)47(58)38-28-34(66(4,61)62)8-10-36(38)45-51-14-24-64-45/h5-14,23-30H,15-22H2,1-4H3. The van der Waals surface area contributed by atoms with Gasteiger partial charge in [-0.15, -0.1) is 22.7 Å². The minimum atomic E-state index is -3.58. The molecule has 8 rings (SSSR count). The average Bonchev–Trinajstić information content (AvgIpc) is 4.06. The Balaban J connectivity index is 0.884. The Morgan fingerprint density at radius 1 is 0.561 bits per heavy atom. The minimum absolute atomic E-state index is 0.0271. The normalized spacial score (nSPS) is 15.7. The molecule has 2 aromatic heterocycles. The summed E-state index contributed by atoms with van der Waals surface area (Å²) in [6, 6.07) is 18.3. The zero-order valence-corrected chi connectivity index (χ0v) is 39.7. The number of anilines is 2. The highest BCUT2D eigenvalue weighted by Gasteiger charge is 2.31. The number of halogens is 2. The summed E-state index contributed by atoms with van der Waals surface area (Å²) < 4.78 is 81.1. The van der Waals surface area contributed by atoms with Gasteiger partial charge in [0.2, 0.25) is 0 Å². The number of hydrogen-bond acceptors (Lipinski definition) is 13. The van der Waals surface area contributed by atoms with Gasteiger partial charge in [0.05, 0.1) is 32.3 Å². The van der Waals surface area contributed by atoms with E-state index in [2.05, 4.69) is 9.97 Å². The van der Waals surface area contributed by atoms with Crippen LogP contribution in [0.15, 0.2) is 106 Å². The number of rotatable bonds is 12. The van der Waals surface area contributed by atoms with Crippen LogP contribution in [0.4, 0.5) is 20.2 Å². The molecule has 344 valence electrons. The van der Waals surface area contributed by atoms with Crippen molar-refractivity contribution in [3.05, 3.63) is 130 Å². The first-order chi connectivity index (χ1) is 31.4. The molecule has 0 saturated carbocycles. The van der Waals surface area contributed by atoms with Gasteiger partial charge in [0.15, 0.2) is 19.7 Å². The quantitative estimate of drug-likeness (QED) is 0.120. The van der Waals surface area contributed by atoms with Crippen LogP contribution in [-0.2, 0) is 24.5 Å². The van der Waals surface area contributed by atoms with Crippen LogP contribution in [0.25, 0.3) is 21.1 Å². The maximum atomic E-state index is 15.8. The van der Waals surface area contributed by atoms with Crippen molar-refractivity contribution in [1.29, 1.82) is 0 Å². The van der Waals surface area contributed by atoms with Gasteiger partial charge in [-0.25, -0.2) is 35.6 Å². The van der Waals surface area contributed by atoms with Gasteiger partial charge in [-0.2, -0.15) is 0 Å². The molecule has 2 amide bonds. The maximum absolute atomic E-state index is 15.8. The van der Waals surface area contributed by atoms with Crippen LogP contribution in [0, 0.1) is 11.6 Å². The highest BCUT2D eigenvalue weighted by molar-refractivity contribution is 7.91. The first kappa shape index (κ1) is 46.6. The highest BCUT2D eigenvalue weighted by Crippen LogP contribution is 2.34. The first-order valence-corrected chi connectivity index (χ1v) is 26.6. The van der Waals surface area contributed by atoms with Gasteiger partial charge in [-0.1, -0.05) is 26.0 Å². The van der Waals surface area contributed by atoms with Crippen LogP contribution in [0.2, 0.25) is 0 Å². The highest BCUT2D eigenvalue weighted by atomic mass is 32.2. The Morgan fingerprint density at radius 3 is 1.26 bits per heavy atom. The number of amides is 2. The molecule has 2 unspecified atom stereocenters. The summed E-state index contributed by atoms with van der Waals surface area (Å²) in [6.07, 6.45) is 5.40. The molecule has 2 saturated heterocycles. The number of carbonyl (C=O) groups excluding carboxylic acids is 3. The summed E-state index contributed by atoms with van der Waals surface area (Å²) in [6.45, 7) is 5.70. The van der Waals surface area contributed by atoms with Crippen LogP contribution in [0.1, 0.15) is 57.5 Å². The summed E-state index contributed by atoms with van der Waals surface area (Å²) in [5.41, 5.74) is 3.11. The Labute approximate surface area is 390 Å². The van der Waals surface area contributed by atoms with E-state index in [1.165, 1.54) is 59.1 Å². The summed E-state index contributed by atoms with van der Waals surface area (Å²) in [5, 5.41) is 4.73. The predicted octanol–water partition coefficient (Wildman–Crippen LogP) is 7.42. The number of Topliss-reactive ketones (excluding diaryl/α,β-unsaturated/α-hetero) is 1. The van der Waals surface area contributed by atoms with Crippen molar-refractivity contribution in [3.8, 4) is 21.1 Å². The van der Waals surface area contributed by atoms with Crippen LogP contribution in [-0.4, -0.2) is 119 Å². The lowest BCUT2D eigenvalue weighted by molar-refractivity contribution is -0.121. The molecule has 2 fully saturated rings. The number of thiazole rings is 2. The molecule has 0 bridgehead atoms. The van der Waals surface area contributed by atoms with Gasteiger partial charge in [-0.3, -0.25) is 14.4 Å². The minimum Gasteiger partial charge on any atom is -0.366 e. The molecule has 19 heteroatoms. The third-order valence-corrected chi connectivity index (χ3v) is 16.1. The summed E-state index contributed by atoms with van der Waals surface area (Å²) in [7, 11) is -7.16. The number of aromatic nitrogens is 2. The molecule has 66 heavy (non-hydrogen) atoms. The van der Waals surface area contributed by atoms with E-state index >= 15 is 8.78 Å². The van der Waals surface area contributed by atoms with E-state index in [1.807, 2.05) is 9.80 Å². The molecule has 0 radical (unpaired) electrons. The predicted molar refractivity (Wildman–Crippen MR) is 252 cm³/mol. The fourth-order valence-corrected chi connectivity index (χ4v) is 11.0. The third kappa shape index (κ3) is 9.65. The monoisotopic (exact) mass is 972 g/mol. The number of hydrogen-bond donors (Lipinski definition) is 0. The van der Waals surface area contributed by atoms with Crippen molar-refractivity contribution >= 4 is 71.3 Å². The Kier molecular flexibility index (Phi) is 13.3. The fourth-order valence-electron chi connectivity index (χ4n) is 8.39. The van der Waals surface area contributed by atoms with E-state index in [9.17, 15) is 31.2 Å². The van der Waals surface area contributed by atoms with Crippen LogP contribution < -0.4 is 9.80 Å². The number of piperazine rings is 2. The molecular weight excluding hydrogens is 927 g/mol. The van der Waals surface area contributed by atoms with E-state index in [1.54, 1.807) is 83.2 Å². The Bertz CT molecular complexity index is 2840. The summed E-state index contributed by atoms with van der Waals surface area (Å²) >= 11 is 2.68. The topological polar surface area (TPSA) is 158 Å². The second-order valence-electron chi connectivity index (χ2n) is 16.5. The molecule has 6 aromatic rings. The van der Waals surface area contributed by atoms with Crippen molar-refractivity contribution < 1.29 is 40.0 Å². The summed E-state index contributed by atoms with van der Waals surface area (Å²) in [5.74, 6) is -3.38. The average molecular weight is 973 g/mol. The summed E-state index contributed by atoms with van der Waals surface area (Å²) in [4.78, 5) is 57.1. The zero-order chi connectivity index (χ0) is 47.1. The molecule has 0 spiro atoms. The Hall–Kier alpha value is -5.89. The van der Waals surface area contributed by atoms with Gasteiger partial charge >= 0.3 is 0 Å². The van der Waals surface area contributed by atoms with Gasteiger partial charge in [0, 0.05) is 111 Å². The van der Waals surface area contributed by atoms with Crippen molar-refractivity contribution in [1.82, 2.24) is 19.8 Å². The van der Waals surface area contributed by atoms with Gasteiger partial charge in [0.25, 0.3) is 11.8 Å². The molecule has 4 aromatic carbocycles. The van der Waals surface area contributed by atoms with Crippen LogP contribution in [0.5, 0.6) is 0 Å². The van der Waals surface area contributed by atoms with E-state index in [0.29, 0.717) is 69.8 Å². The number of carbonyl (C=O) groups is 3. The Morgan fingerprint density at radius 2 is 0.939 bits per heavy atom. The third-order valence-electron chi connectivity index (χ3n) is 12.2. The molecular formula is C47H46F2N6O7S4. The molecule has 0 aliphatic carbocycles. The van der Waals surface area contributed by atoms with Crippen molar-refractivity contribution in [2.45, 2.75) is 35.5 Å². The fraction of sp³-hybridized carbons (Fsp3) is 0.298. The molecule has 4 heterocycles. The smallest absolute Gasteiger partial charge is 0.254 e. The van der Waals surface area contributed by atoms with Gasteiger partial charge in [0.1, 0.15) is 27.4 Å². The number of benzene rings is 4. The largest absolute Gasteiger partial charge is 0.366 e. The molecule has 2 aliphatic heterocycles. The van der Waals surface area contributed by atoms with Crippen molar-refractivity contribution in [3.63, 3.8) is 0 Å². The van der Waals surface area contributed by atoms with E-state index in [0.717, 1.165) is 12.5 Å². The van der Waals surface area contributed by atoms with Gasteiger partial charge in [-0.05, 0) is 71.8 Å². The van der Waals surface area contributed by atoms with E-state index in [-0.39, 0.29) is 64.7 Å². The molecule has 13 nitrogen and oxygen atoms in total. The van der Waals surface area contributed by atoms with Crippen LogP contribution >= 0.6 is 22.7 Å². The number of ketones is 1. The SMILES string of the molecule is CC(C(=O)C(C)c1ccc(N2CCN(C(=O)c3cc(S(C)(=O)=O)ccc3-c3nccs3)CC2)c(F)c1)c1ccc(N2CCN(C(=O)c3cc(S(C)(=O)=O)ccc3-c3nccs3)CC2)c(F)c1. The van der Waals surface area contributed by atoms with Crippen molar-refractivity contribution in [2.75, 3.05) is 74.7 Å². The molecule has 2 atom stereocenters. The second kappa shape index (κ2) is 18.8. The molecule has 0 N–H and O–H groups in total. The van der Waals surface area contributed by atoms with Crippen molar-refractivity contribution in [2.24, 2.45) is 0 Å². The lowest BCUT2D eigenvalue weighted by atomic mass is 9.85.